The molecule has 0 atom stereocenters. The number of rotatable bonds is 11. The largest absolute Gasteiger partial charge is 0.466 e. The summed E-state index contributed by atoms with van der Waals surface area (Å²) in [6, 6.07) is 10.0. The number of unbranched alkanes of at least 4 members (excludes halogenated alkanes) is 5. The van der Waals surface area contributed by atoms with E-state index in [2.05, 4.69) is 6.07 Å². The number of hydrogen-bond donors (Lipinski definition) is 0. The van der Waals surface area contributed by atoms with E-state index < -0.39 is 0 Å². The molecular formula is C20H26O3S2. The Kier molecular flexibility index (Phi) is 9.05. The summed E-state index contributed by atoms with van der Waals surface area (Å²) >= 11 is 7.07. The van der Waals surface area contributed by atoms with Crippen LogP contribution in [0.3, 0.4) is 0 Å². The van der Waals surface area contributed by atoms with Crippen molar-refractivity contribution < 1.29 is 13.9 Å². The molecule has 1 aromatic heterocycles. The maximum Gasteiger partial charge on any atom is 0.305 e. The van der Waals surface area contributed by atoms with Gasteiger partial charge in [0.05, 0.1) is 6.61 Å². The van der Waals surface area contributed by atoms with Crippen molar-refractivity contribution in [2.24, 2.45) is 0 Å². The molecule has 2 rings (SSSR count). The first kappa shape index (κ1) is 20.0. The summed E-state index contributed by atoms with van der Waals surface area (Å²) in [6.45, 7) is 2.39. The van der Waals surface area contributed by atoms with Crippen LogP contribution in [-0.2, 0) is 9.53 Å². The average Bonchev–Trinajstić information content (AvgIpc) is 2.62. The Hall–Kier alpha value is -1.33. The topological polar surface area (TPSA) is 39.4 Å². The molecule has 0 radical (unpaired) electrons. The lowest BCUT2D eigenvalue weighted by Gasteiger charge is -2.06. The third kappa shape index (κ3) is 7.20. The molecular weight excluding hydrogens is 352 g/mol. The van der Waals surface area contributed by atoms with Gasteiger partial charge in [-0.3, -0.25) is 4.79 Å². The van der Waals surface area contributed by atoms with E-state index in [-0.39, 0.29) is 5.97 Å². The van der Waals surface area contributed by atoms with Gasteiger partial charge in [0.15, 0.2) is 4.71 Å². The van der Waals surface area contributed by atoms with Crippen molar-refractivity contribution >= 4 is 40.9 Å². The summed E-state index contributed by atoms with van der Waals surface area (Å²) < 4.78 is 11.2. The molecule has 0 unspecified atom stereocenters. The van der Waals surface area contributed by atoms with Crippen LogP contribution in [0.4, 0.5) is 0 Å². The van der Waals surface area contributed by atoms with Crippen molar-refractivity contribution in [1.29, 1.82) is 0 Å². The molecule has 5 heteroatoms. The van der Waals surface area contributed by atoms with Gasteiger partial charge in [0.25, 0.3) is 0 Å². The van der Waals surface area contributed by atoms with E-state index in [0.717, 1.165) is 29.6 Å². The van der Waals surface area contributed by atoms with E-state index >= 15 is 0 Å². The third-order valence-electron chi connectivity index (χ3n) is 3.96. The van der Waals surface area contributed by atoms with Gasteiger partial charge in [-0.1, -0.05) is 50.8 Å². The Bertz CT molecular complexity index is 724. The lowest BCUT2D eigenvalue weighted by atomic mass is 10.1. The highest BCUT2D eigenvalue weighted by Gasteiger charge is 2.04. The maximum atomic E-state index is 11.0. The molecule has 25 heavy (non-hydrogen) atoms. The van der Waals surface area contributed by atoms with Crippen molar-refractivity contribution in [3.05, 3.63) is 35.0 Å². The predicted molar refractivity (Wildman–Crippen MR) is 107 cm³/mol. The van der Waals surface area contributed by atoms with Gasteiger partial charge in [-0.2, -0.15) is 0 Å². The molecule has 3 nitrogen and oxygen atoms in total. The summed E-state index contributed by atoms with van der Waals surface area (Å²) in [4.78, 5) is 12.2. The first-order valence-electron chi connectivity index (χ1n) is 9.02. The smallest absolute Gasteiger partial charge is 0.305 e. The third-order valence-corrected chi connectivity index (χ3v) is 5.30. The summed E-state index contributed by atoms with van der Waals surface area (Å²) in [5.74, 6) is 0.997. The van der Waals surface area contributed by atoms with Gasteiger partial charge in [0.1, 0.15) is 5.58 Å². The molecule has 1 heterocycles. The first-order valence-corrected chi connectivity index (χ1v) is 10.4. The van der Waals surface area contributed by atoms with Crippen molar-refractivity contribution in [3.8, 4) is 0 Å². The summed E-state index contributed by atoms with van der Waals surface area (Å²) in [7, 11) is 0. The Balaban J connectivity index is 1.59. The van der Waals surface area contributed by atoms with Crippen LogP contribution in [0.2, 0.25) is 0 Å². The van der Waals surface area contributed by atoms with Crippen molar-refractivity contribution in [2.45, 2.75) is 56.8 Å². The van der Waals surface area contributed by atoms with Crippen molar-refractivity contribution in [2.75, 3.05) is 12.4 Å². The number of hydrogen-bond acceptors (Lipinski definition) is 5. The van der Waals surface area contributed by atoms with Gasteiger partial charge in [-0.25, -0.2) is 0 Å². The standard InChI is InChI=1S/C20H26O3S2/c1-2-19(21)22-13-9-5-3-4-6-10-14-25-18-15-20(24)23-17-12-8-7-11-16(17)18/h7-8,11-12,15H,2-6,9-10,13-14H2,1H3. The second-order valence-corrected chi connectivity index (χ2v) is 7.51. The van der Waals surface area contributed by atoms with Crippen LogP contribution in [0.15, 0.2) is 39.6 Å². The Morgan fingerprint density at radius 3 is 2.64 bits per heavy atom. The van der Waals surface area contributed by atoms with Gasteiger partial charge in [-0.15, -0.1) is 11.8 Å². The van der Waals surface area contributed by atoms with Crippen molar-refractivity contribution in [3.63, 3.8) is 0 Å². The monoisotopic (exact) mass is 378 g/mol. The highest BCUT2D eigenvalue weighted by atomic mass is 32.2. The highest BCUT2D eigenvalue weighted by molar-refractivity contribution is 7.99. The summed E-state index contributed by atoms with van der Waals surface area (Å²) in [6.07, 6.45) is 7.45. The van der Waals surface area contributed by atoms with E-state index in [1.807, 2.05) is 43.0 Å². The number of esters is 1. The Morgan fingerprint density at radius 1 is 1.12 bits per heavy atom. The van der Waals surface area contributed by atoms with Crippen LogP contribution < -0.4 is 0 Å². The van der Waals surface area contributed by atoms with Gasteiger partial charge < -0.3 is 9.15 Å². The second kappa shape index (κ2) is 11.3. The lowest BCUT2D eigenvalue weighted by molar-refractivity contribution is -0.143. The fraction of sp³-hybridized carbons (Fsp3) is 0.500. The molecule has 0 spiro atoms. The molecule has 0 N–H and O–H groups in total. The molecule has 0 saturated heterocycles. The zero-order valence-electron chi connectivity index (χ0n) is 14.8. The minimum Gasteiger partial charge on any atom is -0.466 e. The Morgan fingerprint density at radius 2 is 1.84 bits per heavy atom. The fourth-order valence-corrected chi connectivity index (χ4v) is 3.95. The molecule has 0 aliphatic carbocycles. The van der Waals surface area contributed by atoms with Gasteiger partial charge in [0.2, 0.25) is 0 Å². The highest BCUT2D eigenvalue weighted by Crippen LogP contribution is 2.29. The van der Waals surface area contributed by atoms with E-state index in [0.29, 0.717) is 17.7 Å². The van der Waals surface area contributed by atoms with Crippen LogP contribution in [0, 0.1) is 4.71 Å². The van der Waals surface area contributed by atoms with E-state index in [1.54, 1.807) is 0 Å². The van der Waals surface area contributed by atoms with Gasteiger partial charge in [0, 0.05) is 22.8 Å². The van der Waals surface area contributed by atoms with Crippen molar-refractivity contribution in [1.82, 2.24) is 0 Å². The molecule has 0 bridgehead atoms. The Labute approximate surface area is 159 Å². The van der Waals surface area contributed by atoms with Crippen LogP contribution >= 0.6 is 24.0 Å². The van der Waals surface area contributed by atoms with Gasteiger partial charge in [-0.05, 0) is 36.9 Å². The second-order valence-electron chi connectivity index (χ2n) is 5.97. The van der Waals surface area contributed by atoms with E-state index in [9.17, 15) is 4.79 Å². The number of carbonyl (C=O) groups excluding carboxylic acids is 1. The minimum atomic E-state index is -0.0968. The summed E-state index contributed by atoms with van der Waals surface area (Å²) in [5.41, 5.74) is 0.862. The molecule has 0 amide bonds. The van der Waals surface area contributed by atoms with Crippen LogP contribution in [0.25, 0.3) is 11.0 Å². The zero-order chi connectivity index (χ0) is 17.9. The quantitative estimate of drug-likeness (QED) is 0.192. The van der Waals surface area contributed by atoms with Crippen LogP contribution in [-0.4, -0.2) is 18.3 Å². The number of fused-ring (bicyclic) bond motifs is 1. The average molecular weight is 379 g/mol. The number of para-hydroxylation sites is 1. The predicted octanol–water partition coefficient (Wildman–Crippen LogP) is 6.55. The number of benzene rings is 1. The molecule has 2 aromatic rings. The number of thioether (sulfide) groups is 1. The normalized spacial score (nSPS) is 10.9. The fourth-order valence-electron chi connectivity index (χ4n) is 2.58. The summed E-state index contributed by atoms with van der Waals surface area (Å²) in [5, 5.41) is 1.14. The molecule has 0 fully saturated rings. The molecule has 0 aliphatic rings. The molecule has 0 saturated carbocycles. The number of carbonyl (C=O) groups is 1. The maximum absolute atomic E-state index is 11.0. The number of ether oxygens (including phenoxy) is 1. The SMILES string of the molecule is CCC(=O)OCCCCCCCCSc1cc(=S)oc2ccccc12. The molecule has 136 valence electrons. The lowest BCUT2D eigenvalue weighted by Crippen LogP contribution is -2.03. The molecule has 0 aliphatic heterocycles. The van der Waals surface area contributed by atoms with E-state index in [4.69, 9.17) is 21.4 Å². The zero-order valence-corrected chi connectivity index (χ0v) is 16.4. The minimum absolute atomic E-state index is 0.0968. The van der Waals surface area contributed by atoms with Gasteiger partial charge >= 0.3 is 5.97 Å². The van der Waals surface area contributed by atoms with Crippen LogP contribution in [0.1, 0.15) is 51.9 Å². The first-order chi connectivity index (χ1) is 12.2. The van der Waals surface area contributed by atoms with Crippen LogP contribution in [0.5, 0.6) is 0 Å². The van der Waals surface area contributed by atoms with E-state index in [1.165, 1.54) is 30.6 Å². The molecule has 1 aromatic carbocycles.